The number of carbonyl (C=O) groups is 2. The van der Waals surface area contributed by atoms with Crippen LogP contribution in [0.5, 0.6) is 0 Å². The Kier molecular flexibility index (Phi) is 4.11. The Morgan fingerprint density at radius 2 is 2.18 bits per heavy atom. The predicted octanol–water partition coefficient (Wildman–Crippen LogP) is 3.09. The van der Waals surface area contributed by atoms with Gasteiger partial charge in [0.15, 0.2) is 0 Å². The second-order valence-corrected chi connectivity index (χ2v) is 5.96. The van der Waals surface area contributed by atoms with Gasteiger partial charge in [0, 0.05) is 24.5 Å². The molecule has 2 heterocycles. The first kappa shape index (κ1) is 14.6. The molecule has 0 spiro atoms. The summed E-state index contributed by atoms with van der Waals surface area (Å²) in [5, 5.41) is 7.37. The molecule has 1 aliphatic heterocycles. The standard InChI is InChI=1S/C16H17N3O2S/c1-2-17-16(21)18-12-6-5-11-7-8-19(13(11)10-12)15(20)14-4-3-9-22-14/h3-6,9-10H,2,7-8H2,1H3,(H2,17,18,21). The van der Waals surface area contributed by atoms with Gasteiger partial charge < -0.3 is 15.5 Å². The van der Waals surface area contributed by atoms with Gasteiger partial charge in [-0.3, -0.25) is 4.79 Å². The van der Waals surface area contributed by atoms with E-state index in [4.69, 9.17) is 0 Å². The normalized spacial score (nSPS) is 12.9. The molecule has 0 aliphatic carbocycles. The highest BCUT2D eigenvalue weighted by molar-refractivity contribution is 7.12. The van der Waals surface area contributed by atoms with Gasteiger partial charge in [-0.15, -0.1) is 11.3 Å². The van der Waals surface area contributed by atoms with Crippen molar-refractivity contribution >= 4 is 34.6 Å². The van der Waals surface area contributed by atoms with E-state index >= 15 is 0 Å². The zero-order chi connectivity index (χ0) is 15.5. The zero-order valence-corrected chi connectivity index (χ0v) is 13.1. The van der Waals surface area contributed by atoms with Crippen LogP contribution >= 0.6 is 11.3 Å². The summed E-state index contributed by atoms with van der Waals surface area (Å²) in [5.74, 6) is 0.0175. The quantitative estimate of drug-likeness (QED) is 0.914. The SMILES string of the molecule is CCNC(=O)Nc1ccc2c(c1)N(C(=O)c1cccs1)CC2. The Labute approximate surface area is 132 Å². The van der Waals surface area contributed by atoms with E-state index in [1.807, 2.05) is 42.6 Å². The zero-order valence-electron chi connectivity index (χ0n) is 12.3. The monoisotopic (exact) mass is 315 g/mol. The molecule has 2 aromatic rings. The smallest absolute Gasteiger partial charge is 0.319 e. The minimum atomic E-state index is -0.239. The van der Waals surface area contributed by atoms with Gasteiger partial charge >= 0.3 is 6.03 Å². The van der Waals surface area contributed by atoms with Crippen molar-refractivity contribution in [3.63, 3.8) is 0 Å². The molecule has 3 amide bonds. The van der Waals surface area contributed by atoms with Crippen LogP contribution in [-0.4, -0.2) is 25.0 Å². The maximum Gasteiger partial charge on any atom is 0.319 e. The van der Waals surface area contributed by atoms with Gasteiger partial charge in [-0.05, 0) is 42.5 Å². The van der Waals surface area contributed by atoms with Crippen LogP contribution in [0.2, 0.25) is 0 Å². The van der Waals surface area contributed by atoms with Crippen LogP contribution in [0.4, 0.5) is 16.2 Å². The Morgan fingerprint density at radius 1 is 1.32 bits per heavy atom. The van der Waals surface area contributed by atoms with Crippen LogP contribution in [0.25, 0.3) is 0 Å². The fourth-order valence-electron chi connectivity index (χ4n) is 2.54. The van der Waals surface area contributed by atoms with Crippen molar-refractivity contribution in [1.29, 1.82) is 0 Å². The lowest BCUT2D eigenvalue weighted by Crippen LogP contribution is -2.29. The number of carbonyl (C=O) groups excluding carboxylic acids is 2. The first-order valence-electron chi connectivity index (χ1n) is 7.22. The molecular weight excluding hydrogens is 298 g/mol. The van der Waals surface area contributed by atoms with Crippen molar-refractivity contribution < 1.29 is 9.59 Å². The summed E-state index contributed by atoms with van der Waals surface area (Å²) in [4.78, 5) is 26.7. The second kappa shape index (κ2) is 6.19. The third-order valence-electron chi connectivity index (χ3n) is 3.55. The molecule has 3 rings (SSSR count). The summed E-state index contributed by atoms with van der Waals surface area (Å²) < 4.78 is 0. The Hall–Kier alpha value is -2.34. The van der Waals surface area contributed by atoms with E-state index in [9.17, 15) is 9.59 Å². The fraction of sp³-hybridized carbons (Fsp3) is 0.250. The van der Waals surface area contributed by atoms with Gasteiger partial charge in [0.1, 0.15) is 0 Å². The van der Waals surface area contributed by atoms with E-state index in [1.54, 1.807) is 4.90 Å². The van der Waals surface area contributed by atoms with Gasteiger partial charge in [0.25, 0.3) is 5.91 Å². The summed E-state index contributed by atoms with van der Waals surface area (Å²) in [6, 6.07) is 9.18. The number of amides is 3. The molecule has 6 heteroatoms. The van der Waals surface area contributed by atoms with E-state index < -0.39 is 0 Å². The molecule has 1 aliphatic rings. The minimum absolute atomic E-state index is 0.0175. The number of fused-ring (bicyclic) bond motifs is 1. The van der Waals surface area contributed by atoms with Crippen molar-refractivity contribution in [2.24, 2.45) is 0 Å². The van der Waals surface area contributed by atoms with Crippen LogP contribution in [0.3, 0.4) is 0 Å². The van der Waals surface area contributed by atoms with Crippen molar-refractivity contribution in [3.8, 4) is 0 Å². The molecule has 5 nitrogen and oxygen atoms in total. The molecule has 0 radical (unpaired) electrons. The number of hydrogen-bond acceptors (Lipinski definition) is 3. The van der Waals surface area contributed by atoms with Gasteiger partial charge in [-0.25, -0.2) is 4.79 Å². The van der Waals surface area contributed by atoms with Gasteiger partial charge in [0.2, 0.25) is 0 Å². The van der Waals surface area contributed by atoms with Crippen LogP contribution in [0, 0.1) is 0 Å². The highest BCUT2D eigenvalue weighted by Crippen LogP contribution is 2.32. The number of nitrogens with one attached hydrogen (secondary N) is 2. The minimum Gasteiger partial charge on any atom is -0.338 e. The molecule has 0 saturated heterocycles. The van der Waals surface area contributed by atoms with E-state index in [1.165, 1.54) is 11.3 Å². The summed E-state index contributed by atoms with van der Waals surface area (Å²) in [6.45, 7) is 3.11. The highest BCUT2D eigenvalue weighted by Gasteiger charge is 2.26. The number of hydrogen-bond donors (Lipinski definition) is 2. The molecule has 1 aromatic carbocycles. The van der Waals surface area contributed by atoms with E-state index in [0.717, 1.165) is 22.5 Å². The fourth-order valence-corrected chi connectivity index (χ4v) is 3.21. The van der Waals surface area contributed by atoms with Crippen LogP contribution < -0.4 is 15.5 Å². The summed E-state index contributed by atoms with van der Waals surface area (Å²) in [6.07, 6.45) is 0.841. The molecule has 22 heavy (non-hydrogen) atoms. The molecule has 2 N–H and O–H groups in total. The number of benzene rings is 1. The first-order chi connectivity index (χ1) is 10.7. The Bertz CT molecular complexity index is 697. The van der Waals surface area contributed by atoms with E-state index in [2.05, 4.69) is 10.6 Å². The number of anilines is 2. The summed E-state index contributed by atoms with van der Waals surface area (Å²) in [5.41, 5.74) is 2.70. The number of rotatable bonds is 3. The van der Waals surface area contributed by atoms with Crippen LogP contribution in [0.1, 0.15) is 22.2 Å². The lowest BCUT2D eigenvalue weighted by Gasteiger charge is -2.17. The van der Waals surface area contributed by atoms with Crippen molar-refractivity contribution in [2.75, 3.05) is 23.3 Å². The topological polar surface area (TPSA) is 61.4 Å². The molecular formula is C16H17N3O2S. The second-order valence-electron chi connectivity index (χ2n) is 5.01. The molecule has 0 atom stereocenters. The lowest BCUT2D eigenvalue weighted by atomic mass is 10.1. The van der Waals surface area contributed by atoms with Crippen molar-refractivity contribution in [3.05, 3.63) is 46.2 Å². The average molecular weight is 315 g/mol. The maximum absolute atomic E-state index is 12.5. The highest BCUT2D eigenvalue weighted by atomic mass is 32.1. The van der Waals surface area contributed by atoms with Gasteiger partial charge in [-0.1, -0.05) is 12.1 Å². The van der Waals surface area contributed by atoms with Gasteiger partial charge in [0.05, 0.1) is 4.88 Å². The summed E-state index contributed by atoms with van der Waals surface area (Å²) >= 11 is 1.44. The number of urea groups is 1. The molecule has 0 unspecified atom stereocenters. The molecule has 114 valence electrons. The number of thiophene rings is 1. The third-order valence-corrected chi connectivity index (χ3v) is 4.41. The molecule has 1 aromatic heterocycles. The molecule has 0 fully saturated rings. The molecule has 0 saturated carbocycles. The predicted molar refractivity (Wildman–Crippen MR) is 88.8 cm³/mol. The molecule has 0 bridgehead atoms. The lowest BCUT2D eigenvalue weighted by molar-refractivity contribution is 0.0993. The first-order valence-corrected chi connectivity index (χ1v) is 8.10. The van der Waals surface area contributed by atoms with Crippen LogP contribution in [0.15, 0.2) is 35.7 Å². The van der Waals surface area contributed by atoms with E-state index in [-0.39, 0.29) is 11.9 Å². The maximum atomic E-state index is 12.5. The summed E-state index contributed by atoms with van der Waals surface area (Å²) in [7, 11) is 0. The van der Waals surface area contributed by atoms with Crippen molar-refractivity contribution in [2.45, 2.75) is 13.3 Å². The van der Waals surface area contributed by atoms with Crippen LogP contribution in [-0.2, 0) is 6.42 Å². The van der Waals surface area contributed by atoms with E-state index in [0.29, 0.717) is 18.8 Å². The van der Waals surface area contributed by atoms with Gasteiger partial charge in [-0.2, -0.15) is 0 Å². The van der Waals surface area contributed by atoms with Crippen molar-refractivity contribution in [1.82, 2.24) is 5.32 Å². The Balaban J connectivity index is 1.83. The third kappa shape index (κ3) is 2.82. The Morgan fingerprint density at radius 3 is 2.91 bits per heavy atom. The number of nitrogens with zero attached hydrogens (tertiary/aromatic N) is 1. The largest absolute Gasteiger partial charge is 0.338 e. The average Bonchev–Trinajstić information content (AvgIpc) is 3.16.